The Balaban J connectivity index is 1.38. The van der Waals surface area contributed by atoms with Crippen LogP contribution in [0.3, 0.4) is 0 Å². The Morgan fingerprint density at radius 2 is 1.97 bits per heavy atom. The zero-order chi connectivity index (χ0) is 19.8. The minimum absolute atomic E-state index is 0.175. The van der Waals surface area contributed by atoms with Crippen LogP contribution in [0.1, 0.15) is 10.4 Å². The molecule has 5 rings (SSSR count). The standard InChI is InChI=1S/C22H19N5O2/c23-18-11-27(12-18)21-9-16(5-6-25-21)22(28)26-19-4-3-14-1-2-15(7-17(14)8-19)20-10-24-13-29-20/h1-10,13,18H,11-12,23H2,(H,26,28). The van der Waals surface area contributed by atoms with E-state index in [0.717, 1.165) is 40.9 Å². The van der Waals surface area contributed by atoms with Gasteiger partial charge in [0.2, 0.25) is 0 Å². The molecule has 0 bridgehead atoms. The highest BCUT2D eigenvalue weighted by Gasteiger charge is 2.24. The van der Waals surface area contributed by atoms with Crippen molar-refractivity contribution in [3.05, 3.63) is 72.9 Å². The predicted octanol–water partition coefficient (Wildman–Crippen LogP) is 3.29. The van der Waals surface area contributed by atoms with Crippen LogP contribution in [0, 0.1) is 0 Å². The van der Waals surface area contributed by atoms with Crippen LogP contribution >= 0.6 is 0 Å². The number of hydrogen-bond acceptors (Lipinski definition) is 6. The molecule has 2 aromatic heterocycles. The molecule has 3 heterocycles. The molecule has 29 heavy (non-hydrogen) atoms. The molecule has 0 saturated carbocycles. The van der Waals surface area contributed by atoms with Crippen LogP contribution in [-0.2, 0) is 0 Å². The molecule has 0 unspecified atom stereocenters. The van der Waals surface area contributed by atoms with Crippen molar-refractivity contribution in [1.29, 1.82) is 0 Å². The Labute approximate surface area is 167 Å². The molecule has 1 aliphatic heterocycles. The van der Waals surface area contributed by atoms with Crippen molar-refractivity contribution in [2.75, 3.05) is 23.3 Å². The van der Waals surface area contributed by atoms with Crippen LogP contribution in [0.4, 0.5) is 11.5 Å². The van der Waals surface area contributed by atoms with Gasteiger partial charge < -0.3 is 20.4 Å². The van der Waals surface area contributed by atoms with E-state index < -0.39 is 0 Å². The largest absolute Gasteiger partial charge is 0.444 e. The van der Waals surface area contributed by atoms with Crippen LogP contribution in [0.2, 0.25) is 0 Å². The molecule has 0 spiro atoms. The first kappa shape index (κ1) is 17.4. The fraction of sp³-hybridized carbons (Fsp3) is 0.136. The third-order valence-electron chi connectivity index (χ3n) is 5.06. The van der Waals surface area contributed by atoms with E-state index in [4.69, 9.17) is 10.2 Å². The zero-order valence-electron chi connectivity index (χ0n) is 15.6. The van der Waals surface area contributed by atoms with Gasteiger partial charge in [-0.3, -0.25) is 4.79 Å². The van der Waals surface area contributed by atoms with Crippen molar-refractivity contribution in [1.82, 2.24) is 9.97 Å². The molecule has 1 aliphatic rings. The average Bonchev–Trinajstić information content (AvgIpc) is 3.26. The van der Waals surface area contributed by atoms with Gasteiger partial charge in [-0.1, -0.05) is 18.2 Å². The summed E-state index contributed by atoms with van der Waals surface area (Å²) in [5.74, 6) is 1.30. The Morgan fingerprint density at radius 1 is 1.10 bits per heavy atom. The van der Waals surface area contributed by atoms with Gasteiger partial charge in [-0.25, -0.2) is 9.97 Å². The molecular formula is C22H19N5O2. The number of oxazole rings is 1. The summed E-state index contributed by atoms with van der Waals surface area (Å²) < 4.78 is 5.37. The highest BCUT2D eigenvalue weighted by Crippen LogP contribution is 2.26. The van der Waals surface area contributed by atoms with Crippen molar-refractivity contribution >= 4 is 28.2 Å². The highest BCUT2D eigenvalue weighted by atomic mass is 16.3. The molecule has 1 fully saturated rings. The third-order valence-corrected chi connectivity index (χ3v) is 5.06. The Morgan fingerprint density at radius 3 is 2.76 bits per heavy atom. The number of fused-ring (bicyclic) bond motifs is 1. The molecule has 0 aliphatic carbocycles. The SMILES string of the molecule is NC1CN(c2cc(C(=O)Nc3ccc4ccc(-c5cnco5)cc4c3)ccn2)C1. The summed E-state index contributed by atoms with van der Waals surface area (Å²) >= 11 is 0. The molecule has 1 amide bonds. The van der Waals surface area contributed by atoms with Crippen LogP contribution in [0.15, 0.2) is 71.7 Å². The summed E-state index contributed by atoms with van der Waals surface area (Å²) in [6.07, 6.45) is 4.74. The Bertz CT molecular complexity index is 1180. The molecule has 4 aromatic rings. The maximum atomic E-state index is 12.7. The fourth-order valence-electron chi connectivity index (χ4n) is 3.47. The van der Waals surface area contributed by atoms with E-state index in [9.17, 15) is 4.79 Å². The third kappa shape index (κ3) is 3.43. The lowest BCUT2D eigenvalue weighted by Gasteiger charge is -2.37. The van der Waals surface area contributed by atoms with Gasteiger partial charge in [-0.05, 0) is 41.1 Å². The van der Waals surface area contributed by atoms with Gasteiger partial charge >= 0.3 is 0 Å². The second kappa shape index (κ2) is 7.03. The number of nitrogens with zero attached hydrogens (tertiary/aromatic N) is 3. The zero-order valence-corrected chi connectivity index (χ0v) is 15.6. The van der Waals surface area contributed by atoms with Gasteiger partial charge in [0.1, 0.15) is 5.82 Å². The van der Waals surface area contributed by atoms with Gasteiger partial charge in [-0.2, -0.15) is 0 Å². The Kier molecular flexibility index (Phi) is 4.22. The monoisotopic (exact) mass is 385 g/mol. The molecule has 2 aromatic carbocycles. The molecule has 1 saturated heterocycles. The lowest BCUT2D eigenvalue weighted by atomic mass is 10.0. The number of carbonyl (C=O) groups excluding carboxylic acids is 1. The number of rotatable bonds is 4. The summed E-state index contributed by atoms with van der Waals surface area (Å²) in [5.41, 5.74) is 8.06. The number of hydrogen-bond donors (Lipinski definition) is 2. The first-order valence-electron chi connectivity index (χ1n) is 9.36. The molecule has 3 N–H and O–H groups in total. The van der Waals surface area contributed by atoms with Gasteiger partial charge in [0, 0.05) is 42.1 Å². The second-order valence-electron chi connectivity index (χ2n) is 7.16. The predicted molar refractivity (Wildman–Crippen MR) is 112 cm³/mol. The minimum atomic E-state index is -0.177. The van der Waals surface area contributed by atoms with E-state index in [-0.39, 0.29) is 11.9 Å². The summed E-state index contributed by atoms with van der Waals surface area (Å²) in [7, 11) is 0. The lowest BCUT2D eigenvalue weighted by Crippen LogP contribution is -2.56. The first-order chi connectivity index (χ1) is 14.2. The molecule has 7 nitrogen and oxygen atoms in total. The number of nitrogens with two attached hydrogens (primary N) is 1. The van der Waals surface area contributed by atoms with Crippen molar-refractivity contribution < 1.29 is 9.21 Å². The minimum Gasteiger partial charge on any atom is -0.444 e. The summed E-state index contributed by atoms with van der Waals surface area (Å²) in [6.45, 7) is 1.52. The number of aromatic nitrogens is 2. The van der Waals surface area contributed by atoms with Gasteiger partial charge in [-0.15, -0.1) is 0 Å². The van der Waals surface area contributed by atoms with E-state index in [1.54, 1.807) is 24.5 Å². The van der Waals surface area contributed by atoms with Gasteiger partial charge in [0.05, 0.1) is 6.20 Å². The number of amides is 1. The summed E-state index contributed by atoms with van der Waals surface area (Å²) in [5, 5.41) is 5.05. The fourth-order valence-corrected chi connectivity index (χ4v) is 3.47. The van der Waals surface area contributed by atoms with Gasteiger partial charge in [0.25, 0.3) is 5.91 Å². The van der Waals surface area contributed by atoms with Crippen LogP contribution < -0.4 is 16.0 Å². The first-order valence-corrected chi connectivity index (χ1v) is 9.36. The number of pyridine rings is 1. The van der Waals surface area contributed by atoms with E-state index >= 15 is 0 Å². The van der Waals surface area contributed by atoms with Crippen LogP contribution in [-0.4, -0.2) is 35.0 Å². The van der Waals surface area contributed by atoms with Crippen LogP contribution in [0.5, 0.6) is 0 Å². The maximum Gasteiger partial charge on any atom is 0.255 e. The molecule has 0 radical (unpaired) electrons. The Hall–Kier alpha value is -3.71. The molecule has 7 heteroatoms. The number of nitrogens with one attached hydrogen (secondary N) is 1. The van der Waals surface area contributed by atoms with E-state index in [1.807, 2.05) is 36.4 Å². The topological polar surface area (TPSA) is 97.3 Å². The lowest BCUT2D eigenvalue weighted by molar-refractivity contribution is 0.102. The average molecular weight is 385 g/mol. The number of carbonyl (C=O) groups is 1. The van der Waals surface area contributed by atoms with Crippen molar-refractivity contribution in [3.63, 3.8) is 0 Å². The van der Waals surface area contributed by atoms with E-state index in [1.165, 1.54) is 6.39 Å². The second-order valence-corrected chi connectivity index (χ2v) is 7.16. The summed E-state index contributed by atoms with van der Waals surface area (Å²) in [4.78, 5) is 23.1. The van der Waals surface area contributed by atoms with E-state index in [0.29, 0.717) is 11.3 Å². The normalized spacial score (nSPS) is 14.0. The number of benzene rings is 2. The van der Waals surface area contributed by atoms with Crippen LogP contribution in [0.25, 0.3) is 22.1 Å². The smallest absolute Gasteiger partial charge is 0.255 e. The molecule has 144 valence electrons. The maximum absolute atomic E-state index is 12.7. The van der Waals surface area contributed by atoms with Crippen molar-refractivity contribution in [2.45, 2.75) is 6.04 Å². The van der Waals surface area contributed by atoms with Gasteiger partial charge in [0.15, 0.2) is 12.2 Å². The highest BCUT2D eigenvalue weighted by molar-refractivity contribution is 6.05. The number of anilines is 2. The molecular weight excluding hydrogens is 366 g/mol. The van der Waals surface area contributed by atoms with E-state index in [2.05, 4.69) is 20.2 Å². The quantitative estimate of drug-likeness (QED) is 0.559. The summed E-state index contributed by atoms with van der Waals surface area (Å²) in [6, 6.07) is 15.5. The van der Waals surface area contributed by atoms with Crippen molar-refractivity contribution in [2.24, 2.45) is 5.73 Å². The van der Waals surface area contributed by atoms with Crippen molar-refractivity contribution in [3.8, 4) is 11.3 Å². The molecule has 0 atom stereocenters.